The van der Waals surface area contributed by atoms with Crippen molar-refractivity contribution >= 4 is 17.4 Å². The number of fused-ring (bicyclic) bond motifs is 1. The van der Waals surface area contributed by atoms with Crippen LogP contribution in [0, 0.1) is 0 Å². The molecule has 112 valence electrons. The molecule has 2 N–H and O–H groups in total. The Morgan fingerprint density at radius 3 is 3.15 bits per heavy atom. The van der Waals surface area contributed by atoms with Gasteiger partial charge in [0.1, 0.15) is 0 Å². The van der Waals surface area contributed by atoms with Gasteiger partial charge >= 0.3 is 6.03 Å². The molecule has 0 radical (unpaired) electrons. The molecule has 20 heavy (non-hydrogen) atoms. The second kappa shape index (κ2) is 7.09. The molecule has 0 fully saturated rings. The molecule has 1 aromatic heterocycles. The number of urea groups is 1. The first kappa shape index (κ1) is 15.3. The lowest BCUT2D eigenvalue weighted by atomic mass is 9.98. The van der Waals surface area contributed by atoms with Crippen molar-refractivity contribution in [2.24, 2.45) is 0 Å². The lowest BCUT2D eigenvalue weighted by Gasteiger charge is -2.36. The van der Waals surface area contributed by atoms with Gasteiger partial charge in [-0.05, 0) is 49.6 Å². The lowest BCUT2D eigenvalue weighted by molar-refractivity contribution is 0.163. The third kappa shape index (κ3) is 3.33. The van der Waals surface area contributed by atoms with Crippen LogP contribution in [-0.2, 0) is 6.42 Å². The lowest BCUT2D eigenvalue weighted by Crippen LogP contribution is -2.47. The van der Waals surface area contributed by atoms with Crippen molar-refractivity contribution in [3.05, 3.63) is 21.9 Å². The quantitative estimate of drug-likeness (QED) is 0.878. The second-order valence-electron chi connectivity index (χ2n) is 5.38. The van der Waals surface area contributed by atoms with Crippen molar-refractivity contribution < 1.29 is 9.90 Å². The summed E-state index contributed by atoms with van der Waals surface area (Å²) in [5.74, 6) is 0. The SMILES string of the molecule is CCC1c2ccsc2CCN1C(=O)NC(C)CCCO. The van der Waals surface area contributed by atoms with Gasteiger partial charge < -0.3 is 15.3 Å². The van der Waals surface area contributed by atoms with E-state index in [1.54, 1.807) is 11.3 Å². The van der Waals surface area contributed by atoms with Crippen molar-refractivity contribution in [2.75, 3.05) is 13.2 Å². The molecule has 5 heteroatoms. The summed E-state index contributed by atoms with van der Waals surface area (Å²) in [5, 5.41) is 14.0. The van der Waals surface area contributed by atoms with Crippen molar-refractivity contribution in [1.82, 2.24) is 10.2 Å². The van der Waals surface area contributed by atoms with E-state index >= 15 is 0 Å². The van der Waals surface area contributed by atoms with Crippen LogP contribution in [0.25, 0.3) is 0 Å². The van der Waals surface area contributed by atoms with Gasteiger partial charge in [-0.15, -0.1) is 11.3 Å². The Morgan fingerprint density at radius 1 is 1.65 bits per heavy atom. The smallest absolute Gasteiger partial charge is 0.318 e. The number of hydrogen-bond acceptors (Lipinski definition) is 3. The molecule has 2 heterocycles. The molecule has 0 saturated carbocycles. The van der Waals surface area contributed by atoms with E-state index in [4.69, 9.17) is 5.11 Å². The maximum Gasteiger partial charge on any atom is 0.318 e. The molecule has 1 aliphatic rings. The maximum absolute atomic E-state index is 12.4. The van der Waals surface area contributed by atoms with Crippen LogP contribution in [0.2, 0.25) is 0 Å². The van der Waals surface area contributed by atoms with E-state index < -0.39 is 0 Å². The molecule has 2 rings (SSSR count). The van der Waals surface area contributed by atoms with E-state index in [9.17, 15) is 4.79 Å². The van der Waals surface area contributed by atoms with Crippen molar-refractivity contribution in [3.63, 3.8) is 0 Å². The van der Waals surface area contributed by atoms with Crippen molar-refractivity contribution in [3.8, 4) is 0 Å². The largest absolute Gasteiger partial charge is 0.396 e. The molecule has 0 spiro atoms. The number of rotatable bonds is 5. The average Bonchev–Trinajstić information content (AvgIpc) is 2.92. The zero-order valence-corrected chi connectivity index (χ0v) is 13.1. The predicted molar refractivity (Wildman–Crippen MR) is 82.1 cm³/mol. The van der Waals surface area contributed by atoms with Gasteiger partial charge in [-0.3, -0.25) is 0 Å². The summed E-state index contributed by atoms with van der Waals surface area (Å²) in [7, 11) is 0. The van der Waals surface area contributed by atoms with Gasteiger partial charge in [-0.25, -0.2) is 4.79 Å². The summed E-state index contributed by atoms with van der Waals surface area (Å²) in [6.07, 6.45) is 3.45. The van der Waals surface area contributed by atoms with Gasteiger partial charge in [0.15, 0.2) is 0 Å². The number of carbonyl (C=O) groups excluding carboxylic acids is 1. The van der Waals surface area contributed by atoms with Crippen LogP contribution in [-0.4, -0.2) is 35.2 Å². The molecule has 0 aliphatic carbocycles. The topological polar surface area (TPSA) is 52.6 Å². The van der Waals surface area contributed by atoms with Crippen LogP contribution >= 0.6 is 11.3 Å². The number of nitrogens with one attached hydrogen (secondary N) is 1. The average molecular weight is 296 g/mol. The highest BCUT2D eigenvalue weighted by molar-refractivity contribution is 7.10. The molecule has 0 bridgehead atoms. The van der Waals surface area contributed by atoms with E-state index in [2.05, 4.69) is 23.7 Å². The van der Waals surface area contributed by atoms with Gasteiger partial charge in [-0.2, -0.15) is 0 Å². The van der Waals surface area contributed by atoms with E-state index in [0.29, 0.717) is 0 Å². The number of nitrogens with zero attached hydrogens (tertiary/aromatic N) is 1. The summed E-state index contributed by atoms with van der Waals surface area (Å²) in [5.41, 5.74) is 1.32. The molecule has 1 aromatic rings. The molecular formula is C15H24N2O2S. The highest BCUT2D eigenvalue weighted by Crippen LogP contribution is 2.35. The monoisotopic (exact) mass is 296 g/mol. The minimum absolute atomic E-state index is 0.0270. The first-order valence-electron chi connectivity index (χ1n) is 7.41. The number of amides is 2. The zero-order valence-electron chi connectivity index (χ0n) is 12.3. The second-order valence-corrected chi connectivity index (χ2v) is 6.38. The van der Waals surface area contributed by atoms with Crippen molar-refractivity contribution in [2.45, 2.75) is 51.6 Å². The van der Waals surface area contributed by atoms with E-state index in [-0.39, 0.29) is 24.7 Å². The predicted octanol–water partition coefficient (Wildman–Crippen LogP) is 2.93. The van der Waals surface area contributed by atoms with E-state index in [1.165, 1.54) is 10.4 Å². The first-order valence-corrected chi connectivity index (χ1v) is 8.29. The van der Waals surface area contributed by atoms with E-state index in [0.717, 1.165) is 32.2 Å². The standard InChI is InChI=1S/C15H24N2O2S/c1-3-13-12-7-10-20-14(12)6-8-17(13)15(19)16-11(2)5-4-9-18/h7,10-11,13,18H,3-6,8-9H2,1-2H3,(H,16,19). The highest BCUT2D eigenvalue weighted by Gasteiger charge is 2.30. The molecule has 2 unspecified atom stereocenters. The first-order chi connectivity index (χ1) is 9.67. The Bertz CT molecular complexity index is 447. The number of thiophene rings is 1. The van der Waals surface area contributed by atoms with Crippen LogP contribution in [0.4, 0.5) is 4.79 Å². The summed E-state index contributed by atoms with van der Waals surface area (Å²) in [4.78, 5) is 15.8. The van der Waals surface area contributed by atoms with Crippen LogP contribution < -0.4 is 5.32 Å². The molecule has 4 nitrogen and oxygen atoms in total. The summed E-state index contributed by atoms with van der Waals surface area (Å²) >= 11 is 1.80. The fourth-order valence-electron chi connectivity index (χ4n) is 2.84. The van der Waals surface area contributed by atoms with Gasteiger partial charge in [0.05, 0.1) is 6.04 Å². The number of carbonyl (C=O) groups is 1. The molecule has 0 saturated heterocycles. The van der Waals surface area contributed by atoms with Crippen LogP contribution in [0.1, 0.15) is 49.6 Å². The van der Waals surface area contributed by atoms with Crippen LogP contribution in [0.15, 0.2) is 11.4 Å². The number of aliphatic hydroxyl groups is 1. The van der Waals surface area contributed by atoms with Crippen molar-refractivity contribution in [1.29, 1.82) is 0 Å². The maximum atomic E-state index is 12.4. The molecule has 2 amide bonds. The van der Waals surface area contributed by atoms with Crippen LogP contribution in [0.3, 0.4) is 0 Å². The summed E-state index contributed by atoms with van der Waals surface area (Å²) in [6, 6.07) is 2.49. The zero-order chi connectivity index (χ0) is 14.5. The summed E-state index contributed by atoms with van der Waals surface area (Å²) < 4.78 is 0. The third-order valence-corrected chi connectivity index (χ3v) is 4.90. The Balaban J connectivity index is 1.99. The Labute approximate surface area is 124 Å². The van der Waals surface area contributed by atoms with Gasteiger partial charge in [0.2, 0.25) is 0 Å². The number of hydrogen-bond donors (Lipinski definition) is 2. The van der Waals surface area contributed by atoms with Crippen LogP contribution in [0.5, 0.6) is 0 Å². The Kier molecular flexibility index (Phi) is 5.43. The Morgan fingerprint density at radius 2 is 2.45 bits per heavy atom. The molecular weight excluding hydrogens is 272 g/mol. The summed E-state index contributed by atoms with van der Waals surface area (Å²) in [6.45, 7) is 5.10. The number of aliphatic hydroxyl groups excluding tert-OH is 1. The molecule has 0 aromatic carbocycles. The third-order valence-electron chi connectivity index (χ3n) is 3.91. The minimum Gasteiger partial charge on any atom is -0.396 e. The van der Waals surface area contributed by atoms with E-state index in [1.807, 2.05) is 11.8 Å². The highest BCUT2D eigenvalue weighted by atomic mass is 32.1. The molecule has 2 atom stereocenters. The fourth-order valence-corrected chi connectivity index (χ4v) is 3.77. The Hall–Kier alpha value is -1.07. The van der Waals surface area contributed by atoms with Gasteiger partial charge in [0, 0.05) is 24.1 Å². The normalized spacial score (nSPS) is 19.6. The van der Waals surface area contributed by atoms with Gasteiger partial charge in [-0.1, -0.05) is 6.92 Å². The fraction of sp³-hybridized carbons (Fsp3) is 0.667. The minimum atomic E-state index is 0.0270. The van der Waals surface area contributed by atoms with Gasteiger partial charge in [0.25, 0.3) is 0 Å². The molecule has 1 aliphatic heterocycles.